The van der Waals surface area contributed by atoms with E-state index in [0.717, 1.165) is 70.5 Å². The first kappa shape index (κ1) is 31.6. The van der Waals surface area contributed by atoms with Crippen LogP contribution in [0.2, 0.25) is 0 Å². The second kappa shape index (κ2) is 11.4. The van der Waals surface area contributed by atoms with Gasteiger partial charge < -0.3 is 19.1 Å². The van der Waals surface area contributed by atoms with Crippen LogP contribution in [-0.4, -0.2) is 54.3 Å². The van der Waals surface area contributed by atoms with Crippen molar-refractivity contribution in [2.75, 3.05) is 19.7 Å². The summed E-state index contributed by atoms with van der Waals surface area (Å²) in [6.07, 6.45) is 4.08. The molecule has 262 valence electrons. The van der Waals surface area contributed by atoms with Crippen LogP contribution in [0.25, 0.3) is 10.9 Å². The van der Waals surface area contributed by atoms with Crippen LogP contribution in [0.4, 0.5) is 0 Å². The van der Waals surface area contributed by atoms with E-state index in [1.54, 1.807) is 24.3 Å². The lowest BCUT2D eigenvalue weighted by atomic mass is 9.49. The molecule has 51 heavy (non-hydrogen) atoms. The number of ether oxygens (including phenoxy) is 2. The van der Waals surface area contributed by atoms with Gasteiger partial charge in [0.05, 0.1) is 28.2 Å². The number of hydrogen-bond acceptors (Lipinski definition) is 7. The Hall–Kier alpha value is -4.15. The molecule has 1 aromatic heterocycles. The van der Waals surface area contributed by atoms with Crippen LogP contribution in [-0.2, 0) is 45.7 Å². The van der Waals surface area contributed by atoms with E-state index in [2.05, 4.69) is 45.9 Å². The first-order valence-electron chi connectivity index (χ1n) is 18.3. The van der Waals surface area contributed by atoms with Crippen LogP contribution >= 0.6 is 0 Å². The van der Waals surface area contributed by atoms with Crippen molar-refractivity contribution in [2.45, 2.75) is 80.2 Å². The van der Waals surface area contributed by atoms with E-state index in [0.29, 0.717) is 31.2 Å². The van der Waals surface area contributed by atoms with Gasteiger partial charge in [-0.05, 0) is 86.0 Å². The highest BCUT2D eigenvalue weighted by Crippen LogP contribution is 2.69. The van der Waals surface area contributed by atoms with E-state index >= 15 is 0 Å². The van der Waals surface area contributed by atoms with Crippen molar-refractivity contribution in [1.82, 2.24) is 9.47 Å². The molecule has 9 heteroatoms. The van der Waals surface area contributed by atoms with Crippen LogP contribution in [0.3, 0.4) is 0 Å². The van der Waals surface area contributed by atoms with Gasteiger partial charge in [-0.15, -0.1) is 0 Å². The van der Waals surface area contributed by atoms with Crippen molar-refractivity contribution in [3.63, 3.8) is 0 Å². The van der Waals surface area contributed by atoms with Gasteiger partial charge in [0, 0.05) is 42.0 Å². The van der Waals surface area contributed by atoms with Gasteiger partial charge in [0.15, 0.2) is 17.6 Å². The third-order valence-electron chi connectivity index (χ3n) is 12.4. The Bertz CT molecular complexity index is 2280. The Balaban J connectivity index is 1.09. The molecule has 0 amide bonds. The van der Waals surface area contributed by atoms with Crippen molar-refractivity contribution < 1.29 is 27.2 Å². The summed E-state index contributed by atoms with van der Waals surface area (Å²) in [6.45, 7) is 4.53. The van der Waals surface area contributed by atoms with E-state index in [9.17, 15) is 13.5 Å². The highest BCUT2D eigenvalue weighted by Gasteiger charge is 2.73. The standard InChI is InChI=1S/C42H42N2O6S/c1-27-11-16-31(17-12-27)51(46,47)49-22-21-44-34-10-6-5-9-32(34)33-24-42(45)36-23-30-15-18-35(48-26-29-7-3-2-4-8-29)39-37(30)41(42,40(50-39)38(33)44)19-20-43(36)25-28-13-14-28/h2-12,15-18,28,36,40,45H,13-14,19-26H2,1H3/t36-,40?,41+,42?/m1/s1. The summed E-state index contributed by atoms with van der Waals surface area (Å²) in [5.41, 5.74) is 5.72. The molecule has 1 spiro atoms. The molecule has 2 fully saturated rings. The van der Waals surface area contributed by atoms with Gasteiger partial charge >= 0.3 is 0 Å². The Morgan fingerprint density at radius 3 is 2.55 bits per heavy atom. The molecule has 3 aliphatic carbocycles. The predicted molar refractivity (Wildman–Crippen MR) is 194 cm³/mol. The maximum Gasteiger partial charge on any atom is 0.297 e. The van der Waals surface area contributed by atoms with Gasteiger partial charge in [-0.25, -0.2) is 0 Å². The van der Waals surface area contributed by atoms with Crippen LogP contribution < -0.4 is 9.47 Å². The van der Waals surface area contributed by atoms with Gasteiger partial charge in [-0.1, -0.05) is 72.3 Å². The normalized spacial score (nSPS) is 26.1. The molecule has 1 saturated heterocycles. The summed E-state index contributed by atoms with van der Waals surface area (Å²) >= 11 is 0. The molecule has 0 radical (unpaired) electrons. The fraction of sp³-hybridized carbons (Fsp3) is 0.381. The first-order chi connectivity index (χ1) is 24.8. The molecule has 1 saturated carbocycles. The molecule has 2 bridgehead atoms. The number of nitrogens with zero attached hydrogens (tertiary/aromatic N) is 2. The zero-order valence-electron chi connectivity index (χ0n) is 28.8. The molecule has 4 atom stereocenters. The summed E-state index contributed by atoms with van der Waals surface area (Å²) in [4.78, 5) is 2.72. The number of hydrogen-bond donors (Lipinski definition) is 1. The lowest BCUT2D eigenvalue weighted by molar-refractivity contribution is -0.173. The molecular weight excluding hydrogens is 661 g/mol. The number of rotatable bonds is 10. The van der Waals surface area contributed by atoms with Crippen LogP contribution in [0, 0.1) is 12.8 Å². The largest absolute Gasteiger partial charge is 0.485 e. The third kappa shape index (κ3) is 4.71. The molecule has 5 aliphatic rings. The Morgan fingerprint density at radius 2 is 1.75 bits per heavy atom. The van der Waals surface area contributed by atoms with Gasteiger partial charge in [0.25, 0.3) is 10.1 Å². The topological polar surface area (TPSA) is 90.2 Å². The number of aliphatic hydroxyl groups is 1. The molecule has 3 heterocycles. The van der Waals surface area contributed by atoms with Crippen molar-refractivity contribution >= 4 is 21.0 Å². The quantitative estimate of drug-likeness (QED) is 0.164. The number of aryl methyl sites for hydroxylation is 1. The Kier molecular flexibility index (Phi) is 7.07. The lowest BCUT2D eigenvalue weighted by Crippen LogP contribution is -2.74. The van der Waals surface area contributed by atoms with Crippen LogP contribution in [0.1, 0.15) is 58.9 Å². The highest BCUT2D eigenvalue weighted by molar-refractivity contribution is 7.86. The maximum absolute atomic E-state index is 13.5. The molecule has 1 N–H and O–H groups in total. The average molecular weight is 703 g/mol. The summed E-state index contributed by atoms with van der Waals surface area (Å²) in [7, 11) is -3.95. The van der Waals surface area contributed by atoms with Crippen molar-refractivity contribution in [2.24, 2.45) is 5.92 Å². The Labute approximate surface area is 298 Å². The minimum atomic E-state index is -3.95. The minimum Gasteiger partial charge on any atom is -0.485 e. The summed E-state index contributed by atoms with van der Waals surface area (Å²) in [6, 6.07) is 29.4. The second-order valence-electron chi connectivity index (χ2n) is 15.3. The second-order valence-corrected chi connectivity index (χ2v) is 16.9. The van der Waals surface area contributed by atoms with Gasteiger partial charge in [-0.3, -0.25) is 9.08 Å². The number of aromatic nitrogens is 1. The summed E-state index contributed by atoms with van der Waals surface area (Å²) < 4.78 is 48.1. The predicted octanol–water partition coefficient (Wildman–Crippen LogP) is 6.63. The van der Waals surface area contributed by atoms with E-state index in [1.165, 1.54) is 18.4 Å². The van der Waals surface area contributed by atoms with Crippen molar-refractivity contribution in [1.29, 1.82) is 0 Å². The number of likely N-dealkylation sites (tertiary alicyclic amines) is 1. The van der Waals surface area contributed by atoms with Crippen molar-refractivity contribution in [3.8, 4) is 11.5 Å². The highest BCUT2D eigenvalue weighted by atomic mass is 32.2. The van der Waals surface area contributed by atoms with Crippen LogP contribution in [0.5, 0.6) is 11.5 Å². The fourth-order valence-corrected chi connectivity index (χ4v) is 10.8. The summed E-state index contributed by atoms with van der Waals surface area (Å²) in [5.74, 6) is 2.14. The molecule has 5 aromatic rings. The molecular formula is C42H42N2O6S. The van der Waals surface area contributed by atoms with E-state index < -0.39 is 27.2 Å². The number of fused-ring (bicyclic) bond motifs is 4. The van der Waals surface area contributed by atoms with E-state index in [1.807, 2.05) is 37.3 Å². The molecule has 10 rings (SSSR count). The van der Waals surface area contributed by atoms with Crippen LogP contribution in [0.15, 0.2) is 95.9 Å². The maximum atomic E-state index is 13.5. The molecule has 2 aliphatic heterocycles. The number of piperidine rings is 1. The monoisotopic (exact) mass is 702 g/mol. The SMILES string of the molecule is Cc1ccc(S(=O)(=O)OCCn2c3c(c4ccccc42)CC2(O)[C@H]4Cc5ccc(OCc6ccccc6)c6c5[C@@]2(CCN4CC2CC2)C3O6)cc1. The lowest BCUT2D eigenvalue weighted by Gasteiger charge is -2.63. The minimum absolute atomic E-state index is 0.0350. The zero-order valence-corrected chi connectivity index (χ0v) is 29.6. The van der Waals surface area contributed by atoms with E-state index in [-0.39, 0.29) is 17.5 Å². The Morgan fingerprint density at radius 1 is 0.961 bits per heavy atom. The van der Waals surface area contributed by atoms with E-state index in [4.69, 9.17) is 13.7 Å². The third-order valence-corrected chi connectivity index (χ3v) is 13.7. The van der Waals surface area contributed by atoms with Gasteiger partial charge in [0.1, 0.15) is 6.61 Å². The first-order valence-corrected chi connectivity index (χ1v) is 19.7. The number of para-hydroxylation sites is 1. The van der Waals surface area contributed by atoms with Crippen molar-refractivity contribution in [3.05, 3.63) is 125 Å². The van der Waals surface area contributed by atoms with Gasteiger partial charge in [-0.2, -0.15) is 8.42 Å². The molecule has 8 nitrogen and oxygen atoms in total. The molecule has 2 unspecified atom stereocenters. The average Bonchev–Trinajstić information content (AvgIpc) is 3.81. The smallest absolute Gasteiger partial charge is 0.297 e. The van der Waals surface area contributed by atoms with Gasteiger partial charge in [0.2, 0.25) is 0 Å². The molecule has 4 aromatic carbocycles. The zero-order chi connectivity index (χ0) is 34.5. The fourth-order valence-electron chi connectivity index (χ4n) is 9.89. The summed E-state index contributed by atoms with van der Waals surface area (Å²) in [5, 5.41) is 14.5. The number of benzene rings is 4.